The van der Waals surface area contributed by atoms with E-state index in [2.05, 4.69) is 41.2 Å². The summed E-state index contributed by atoms with van der Waals surface area (Å²) in [5.41, 5.74) is 2.26. The number of nitrogens with zero attached hydrogens (tertiary/aromatic N) is 2. The molecule has 2 aliphatic rings. The van der Waals surface area contributed by atoms with E-state index in [0.29, 0.717) is 12.8 Å². The number of amides is 2. The van der Waals surface area contributed by atoms with Crippen molar-refractivity contribution < 1.29 is 9.59 Å². The van der Waals surface area contributed by atoms with E-state index in [1.807, 2.05) is 6.92 Å². The second-order valence-corrected chi connectivity index (χ2v) is 5.25. The molecule has 0 aromatic rings. The van der Waals surface area contributed by atoms with E-state index >= 15 is 0 Å². The molecule has 1 N–H and O–H groups in total. The number of rotatable bonds is 2. The zero-order valence-electron chi connectivity index (χ0n) is 12.5. The summed E-state index contributed by atoms with van der Waals surface area (Å²) in [4.78, 5) is 27.8. The molecule has 2 aliphatic heterocycles. The number of carbonyl (C=O) groups is 2. The van der Waals surface area contributed by atoms with E-state index < -0.39 is 0 Å². The van der Waals surface area contributed by atoms with Crippen LogP contribution in [0.1, 0.15) is 33.1 Å². The SMILES string of the molecule is C/C=C1\C(=C/CC)N(C2CCC(=O)NC2=O)CCN1C. The summed E-state index contributed by atoms with van der Waals surface area (Å²) in [6, 6.07) is -0.228. The van der Waals surface area contributed by atoms with Gasteiger partial charge in [0, 0.05) is 26.6 Å². The summed E-state index contributed by atoms with van der Waals surface area (Å²) in [6.07, 6.45) is 6.19. The maximum atomic E-state index is 12.1. The molecule has 1 unspecified atom stereocenters. The Morgan fingerprint density at radius 1 is 1.30 bits per heavy atom. The molecular weight excluding hydrogens is 254 g/mol. The quantitative estimate of drug-likeness (QED) is 0.772. The van der Waals surface area contributed by atoms with Gasteiger partial charge in [0.2, 0.25) is 11.8 Å². The Morgan fingerprint density at radius 3 is 2.65 bits per heavy atom. The third-order valence-electron chi connectivity index (χ3n) is 3.92. The van der Waals surface area contributed by atoms with Crippen molar-refractivity contribution in [3.8, 4) is 0 Å². The number of piperidine rings is 1. The van der Waals surface area contributed by atoms with E-state index in [0.717, 1.165) is 30.9 Å². The fraction of sp³-hybridized carbons (Fsp3) is 0.600. The van der Waals surface area contributed by atoms with Gasteiger partial charge in [0.15, 0.2) is 0 Å². The standard InChI is InChI=1S/C15H23N3O2/c1-4-6-12-11(5-2)17(3)9-10-18(12)13-7-8-14(19)16-15(13)20/h5-6,13H,4,7-10H2,1-3H3,(H,16,19,20)/b11-5+,12-6+. The normalized spacial score (nSPS) is 28.2. The highest BCUT2D eigenvalue weighted by molar-refractivity contribution is 6.00. The first-order valence-corrected chi connectivity index (χ1v) is 7.26. The number of hydrogen-bond acceptors (Lipinski definition) is 4. The Balaban J connectivity index is 2.27. The summed E-state index contributed by atoms with van der Waals surface area (Å²) in [5.74, 6) is -0.323. The molecule has 0 bridgehead atoms. The second kappa shape index (κ2) is 6.11. The highest BCUT2D eigenvalue weighted by Gasteiger charge is 2.35. The van der Waals surface area contributed by atoms with Crippen molar-refractivity contribution in [3.05, 3.63) is 23.5 Å². The number of likely N-dealkylation sites (N-methyl/N-ethyl adjacent to an activating group) is 1. The summed E-state index contributed by atoms with van der Waals surface area (Å²) in [6.45, 7) is 5.81. The highest BCUT2D eigenvalue weighted by Crippen LogP contribution is 2.28. The van der Waals surface area contributed by atoms with Crippen molar-refractivity contribution in [2.24, 2.45) is 0 Å². The first-order valence-electron chi connectivity index (χ1n) is 7.26. The van der Waals surface area contributed by atoms with Crippen LogP contribution in [0.25, 0.3) is 0 Å². The molecule has 5 heteroatoms. The van der Waals surface area contributed by atoms with Gasteiger partial charge < -0.3 is 9.80 Å². The molecule has 0 spiro atoms. The molecule has 2 amide bonds. The van der Waals surface area contributed by atoms with E-state index in [4.69, 9.17) is 0 Å². The predicted octanol–water partition coefficient (Wildman–Crippen LogP) is 1.24. The highest BCUT2D eigenvalue weighted by atomic mass is 16.2. The lowest BCUT2D eigenvalue weighted by Crippen LogP contribution is -2.55. The number of carbonyl (C=O) groups excluding carboxylic acids is 2. The van der Waals surface area contributed by atoms with Gasteiger partial charge in [-0.3, -0.25) is 14.9 Å². The molecule has 2 heterocycles. The van der Waals surface area contributed by atoms with Crippen molar-refractivity contribution >= 4 is 11.8 Å². The molecule has 0 saturated carbocycles. The van der Waals surface area contributed by atoms with E-state index in [-0.39, 0.29) is 17.9 Å². The maximum Gasteiger partial charge on any atom is 0.249 e. The molecule has 0 aromatic heterocycles. The Kier molecular flexibility index (Phi) is 4.47. The predicted molar refractivity (Wildman–Crippen MR) is 77.6 cm³/mol. The van der Waals surface area contributed by atoms with E-state index in [1.165, 1.54) is 0 Å². The third kappa shape index (κ3) is 2.71. The van der Waals surface area contributed by atoms with Crippen LogP contribution in [0, 0.1) is 0 Å². The molecule has 0 aliphatic carbocycles. The Hall–Kier alpha value is -1.78. The summed E-state index contributed by atoms with van der Waals surface area (Å²) >= 11 is 0. The average molecular weight is 277 g/mol. The van der Waals surface area contributed by atoms with Gasteiger partial charge in [0.05, 0.1) is 11.4 Å². The Morgan fingerprint density at radius 2 is 2.05 bits per heavy atom. The fourth-order valence-electron chi connectivity index (χ4n) is 2.93. The van der Waals surface area contributed by atoms with Gasteiger partial charge in [-0.1, -0.05) is 19.1 Å². The fourth-order valence-corrected chi connectivity index (χ4v) is 2.93. The lowest BCUT2D eigenvalue weighted by molar-refractivity contribution is -0.137. The van der Waals surface area contributed by atoms with Crippen LogP contribution < -0.4 is 5.32 Å². The van der Waals surface area contributed by atoms with Crippen LogP contribution in [0.15, 0.2) is 23.5 Å². The largest absolute Gasteiger partial charge is 0.371 e. The topological polar surface area (TPSA) is 52.7 Å². The molecule has 2 saturated heterocycles. The lowest BCUT2D eigenvalue weighted by atomic mass is 10.0. The van der Waals surface area contributed by atoms with Crippen molar-refractivity contribution in [1.29, 1.82) is 0 Å². The zero-order valence-corrected chi connectivity index (χ0v) is 12.5. The average Bonchev–Trinajstić information content (AvgIpc) is 2.41. The minimum Gasteiger partial charge on any atom is -0.371 e. The monoisotopic (exact) mass is 277 g/mol. The van der Waals surface area contributed by atoms with Crippen LogP contribution in [0.4, 0.5) is 0 Å². The molecule has 2 rings (SSSR count). The smallest absolute Gasteiger partial charge is 0.249 e. The van der Waals surface area contributed by atoms with Gasteiger partial charge in [-0.25, -0.2) is 0 Å². The van der Waals surface area contributed by atoms with Crippen LogP contribution in [0.5, 0.6) is 0 Å². The molecule has 0 radical (unpaired) electrons. The first-order chi connectivity index (χ1) is 9.58. The number of piperazine rings is 1. The van der Waals surface area contributed by atoms with Crippen LogP contribution in [-0.2, 0) is 9.59 Å². The summed E-state index contributed by atoms with van der Waals surface area (Å²) in [7, 11) is 2.07. The van der Waals surface area contributed by atoms with Gasteiger partial charge in [-0.2, -0.15) is 0 Å². The van der Waals surface area contributed by atoms with Crippen LogP contribution in [0.3, 0.4) is 0 Å². The number of allylic oxidation sites excluding steroid dienone is 2. The van der Waals surface area contributed by atoms with Crippen molar-refractivity contribution in [1.82, 2.24) is 15.1 Å². The van der Waals surface area contributed by atoms with E-state index in [1.54, 1.807) is 0 Å². The van der Waals surface area contributed by atoms with Crippen molar-refractivity contribution in [3.63, 3.8) is 0 Å². The molecule has 20 heavy (non-hydrogen) atoms. The third-order valence-corrected chi connectivity index (χ3v) is 3.92. The minimum atomic E-state index is -0.228. The molecule has 0 aromatic carbocycles. The number of nitrogens with one attached hydrogen (secondary N) is 1. The van der Waals surface area contributed by atoms with Crippen molar-refractivity contribution in [2.75, 3.05) is 20.1 Å². The Bertz CT molecular complexity index is 468. The zero-order chi connectivity index (χ0) is 14.7. The number of hydrogen-bond donors (Lipinski definition) is 1. The van der Waals surface area contributed by atoms with Gasteiger partial charge in [0.1, 0.15) is 6.04 Å². The Labute approximate surface area is 120 Å². The molecule has 2 fully saturated rings. The summed E-state index contributed by atoms with van der Waals surface area (Å²) in [5, 5.41) is 2.45. The van der Waals surface area contributed by atoms with Gasteiger partial charge >= 0.3 is 0 Å². The van der Waals surface area contributed by atoms with Crippen LogP contribution in [0.2, 0.25) is 0 Å². The lowest BCUT2D eigenvalue weighted by Gasteiger charge is -2.44. The van der Waals surface area contributed by atoms with E-state index in [9.17, 15) is 9.59 Å². The van der Waals surface area contributed by atoms with Gasteiger partial charge in [-0.15, -0.1) is 0 Å². The van der Waals surface area contributed by atoms with Crippen LogP contribution >= 0.6 is 0 Å². The van der Waals surface area contributed by atoms with Crippen molar-refractivity contribution in [2.45, 2.75) is 39.2 Å². The molecule has 110 valence electrons. The van der Waals surface area contributed by atoms with Gasteiger partial charge in [0.25, 0.3) is 0 Å². The molecular formula is C15H23N3O2. The molecule has 5 nitrogen and oxygen atoms in total. The first kappa shape index (κ1) is 14.6. The second-order valence-electron chi connectivity index (χ2n) is 5.25. The van der Waals surface area contributed by atoms with Crippen LogP contribution in [-0.4, -0.2) is 47.8 Å². The molecule has 1 atom stereocenters. The summed E-state index contributed by atoms with van der Waals surface area (Å²) < 4.78 is 0. The van der Waals surface area contributed by atoms with Gasteiger partial charge in [-0.05, 0) is 19.8 Å². The minimum absolute atomic E-state index is 0.160. The number of imide groups is 1. The maximum absolute atomic E-state index is 12.1.